The van der Waals surface area contributed by atoms with Crippen molar-refractivity contribution in [3.05, 3.63) is 63.7 Å². The van der Waals surface area contributed by atoms with Crippen molar-refractivity contribution in [1.82, 2.24) is 14.9 Å². The summed E-state index contributed by atoms with van der Waals surface area (Å²) in [6.07, 6.45) is 0. The van der Waals surface area contributed by atoms with E-state index in [1.54, 1.807) is 41.3 Å². The molecule has 0 saturated carbocycles. The summed E-state index contributed by atoms with van der Waals surface area (Å²) in [5.41, 5.74) is 1.06. The van der Waals surface area contributed by atoms with E-state index in [1.165, 1.54) is 14.2 Å². The van der Waals surface area contributed by atoms with Gasteiger partial charge >= 0.3 is 0 Å². The van der Waals surface area contributed by atoms with Gasteiger partial charge in [0.2, 0.25) is 0 Å². The monoisotopic (exact) mass is 392 g/mol. The van der Waals surface area contributed by atoms with Crippen molar-refractivity contribution in [3.8, 4) is 17.6 Å². The average Bonchev–Trinajstić information content (AvgIpc) is 2.76. The van der Waals surface area contributed by atoms with Gasteiger partial charge in [-0.15, -0.1) is 0 Å². The van der Waals surface area contributed by atoms with Gasteiger partial charge in [0, 0.05) is 18.2 Å². The minimum absolute atomic E-state index is 0.134. The van der Waals surface area contributed by atoms with E-state index in [2.05, 4.69) is 9.97 Å². The third-order valence-corrected chi connectivity index (χ3v) is 4.53. The molecule has 0 saturated heterocycles. The highest BCUT2D eigenvalue weighted by atomic mass is 16.5. The van der Waals surface area contributed by atoms with Crippen LogP contribution in [0.1, 0.15) is 28.7 Å². The molecule has 0 aliphatic heterocycles. The maximum absolute atomic E-state index is 12.8. The topological polar surface area (TPSA) is 108 Å². The van der Waals surface area contributed by atoms with Crippen molar-refractivity contribution < 1.29 is 14.3 Å². The van der Waals surface area contributed by atoms with E-state index in [0.717, 1.165) is 0 Å². The lowest BCUT2D eigenvalue weighted by Crippen LogP contribution is -2.32. The van der Waals surface area contributed by atoms with Crippen LogP contribution in [0, 0.1) is 11.3 Å². The molecule has 1 aromatic heterocycles. The number of ether oxygens (including phenoxy) is 2. The molecule has 2 aromatic carbocycles. The summed E-state index contributed by atoms with van der Waals surface area (Å²) in [7, 11) is 3.00. The van der Waals surface area contributed by atoms with Gasteiger partial charge in [0.15, 0.2) is 11.5 Å². The van der Waals surface area contributed by atoms with Gasteiger partial charge in [0.1, 0.15) is 5.82 Å². The van der Waals surface area contributed by atoms with Gasteiger partial charge in [-0.2, -0.15) is 5.26 Å². The number of hydrogen-bond donors (Lipinski definition) is 1. The first-order valence-corrected chi connectivity index (χ1v) is 8.95. The molecule has 8 nitrogen and oxygen atoms in total. The normalized spacial score (nSPS) is 10.4. The summed E-state index contributed by atoms with van der Waals surface area (Å²) in [5.74, 6) is 1.04. The highest BCUT2D eigenvalue weighted by molar-refractivity contribution is 5.94. The smallest absolute Gasteiger partial charge is 0.258 e. The Balaban J connectivity index is 1.93. The fourth-order valence-electron chi connectivity index (χ4n) is 2.97. The largest absolute Gasteiger partial charge is 0.493 e. The Kier molecular flexibility index (Phi) is 5.79. The number of methoxy groups -OCH3 is 2. The molecule has 8 heteroatoms. The fraction of sp³-hybridized carbons (Fsp3) is 0.238. The lowest BCUT2D eigenvalue weighted by atomic mass is 10.1. The minimum atomic E-state index is -0.326. The molecule has 1 heterocycles. The molecular formula is C21H20N4O4. The number of aromatic amines is 1. The molecule has 0 atom stereocenters. The van der Waals surface area contributed by atoms with E-state index >= 15 is 0 Å². The fourth-order valence-corrected chi connectivity index (χ4v) is 2.97. The third kappa shape index (κ3) is 4.04. The second-order valence-electron chi connectivity index (χ2n) is 6.25. The predicted molar refractivity (Wildman–Crippen MR) is 107 cm³/mol. The van der Waals surface area contributed by atoms with Crippen molar-refractivity contribution in [3.63, 3.8) is 0 Å². The molecule has 0 spiro atoms. The maximum atomic E-state index is 12.8. The summed E-state index contributed by atoms with van der Waals surface area (Å²) < 4.78 is 10.5. The molecule has 0 unspecified atom stereocenters. The molecule has 0 aliphatic carbocycles. The predicted octanol–water partition coefficient (Wildman–Crippen LogP) is 2.47. The highest BCUT2D eigenvalue weighted by Gasteiger charge is 2.17. The van der Waals surface area contributed by atoms with Crippen molar-refractivity contribution >= 4 is 16.8 Å². The van der Waals surface area contributed by atoms with Crippen LogP contribution in [0.25, 0.3) is 10.9 Å². The standard InChI is InChI=1S/C21H20N4O4/c1-4-25(21(27)14-7-5-13(11-22)6-8-14)12-19-23-16-10-18(29-3)17(28-2)9-15(16)20(26)24-19/h5-10H,4,12H2,1-3H3,(H,23,24,26). The van der Waals surface area contributed by atoms with E-state index in [1.807, 2.05) is 13.0 Å². The molecule has 0 aliphatic rings. The Morgan fingerprint density at radius 2 is 1.83 bits per heavy atom. The van der Waals surface area contributed by atoms with E-state index < -0.39 is 0 Å². The second kappa shape index (κ2) is 8.44. The van der Waals surface area contributed by atoms with Gasteiger partial charge in [-0.25, -0.2) is 4.98 Å². The van der Waals surface area contributed by atoms with Crippen LogP contribution in [-0.4, -0.2) is 41.5 Å². The lowest BCUT2D eigenvalue weighted by Gasteiger charge is -2.20. The first-order chi connectivity index (χ1) is 14.0. The van der Waals surface area contributed by atoms with E-state index in [-0.39, 0.29) is 18.0 Å². The van der Waals surface area contributed by atoms with E-state index in [4.69, 9.17) is 14.7 Å². The molecule has 3 rings (SSSR count). The van der Waals surface area contributed by atoms with Crippen molar-refractivity contribution in [2.24, 2.45) is 0 Å². The van der Waals surface area contributed by atoms with Crippen LogP contribution in [-0.2, 0) is 6.54 Å². The minimum Gasteiger partial charge on any atom is -0.493 e. The number of fused-ring (bicyclic) bond motifs is 1. The van der Waals surface area contributed by atoms with Crippen LogP contribution in [0.5, 0.6) is 11.5 Å². The molecule has 3 aromatic rings. The van der Waals surface area contributed by atoms with Crippen molar-refractivity contribution in [2.75, 3.05) is 20.8 Å². The highest BCUT2D eigenvalue weighted by Crippen LogP contribution is 2.30. The van der Waals surface area contributed by atoms with Crippen LogP contribution in [0.4, 0.5) is 0 Å². The number of nitrogens with zero attached hydrogens (tertiary/aromatic N) is 3. The van der Waals surface area contributed by atoms with Crippen LogP contribution in [0.15, 0.2) is 41.2 Å². The molecule has 1 N–H and O–H groups in total. The molecule has 0 fully saturated rings. The summed E-state index contributed by atoms with van der Waals surface area (Å²) in [6.45, 7) is 2.40. The number of nitrogens with one attached hydrogen (secondary N) is 1. The number of amides is 1. The summed E-state index contributed by atoms with van der Waals surface area (Å²) in [5, 5.41) is 9.26. The first kappa shape index (κ1) is 19.9. The Morgan fingerprint density at radius 3 is 2.41 bits per heavy atom. The van der Waals surface area contributed by atoms with Crippen LogP contribution < -0.4 is 15.0 Å². The molecule has 0 bridgehead atoms. The van der Waals surface area contributed by atoms with Crippen LogP contribution >= 0.6 is 0 Å². The van der Waals surface area contributed by atoms with Gasteiger partial charge in [-0.05, 0) is 37.3 Å². The molecule has 0 radical (unpaired) electrons. The van der Waals surface area contributed by atoms with Crippen molar-refractivity contribution in [2.45, 2.75) is 13.5 Å². The van der Waals surface area contributed by atoms with Gasteiger partial charge in [0.25, 0.3) is 11.5 Å². The van der Waals surface area contributed by atoms with Gasteiger partial charge in [0.05, 0.1) is 43.3 Å². The number of benzene rings is 2. The Labute approximate surface area is 167 Å². The SMILES string of the molecule is CCN(Cc1nc2cc(OC)c(OC)cc2c(=O)[nH]1)C(=O)c1ccc(C#N)cc1. The molecule has 29 heavy (non-hydrogen) atoms. The summed E-state index contributed by atoms with van der Waals surface area (Å²) >= 11 is 0. The number of nitriles is 1. The zero-order valence-corrected chi connectivity index (χ0v) is 16.4. The molecule has 1 amide bonds. The first-order valence-electron chi connectivity index (χ1n) is 8.95. The quantitative estimate of drug-likeness (QED) is 0.690. The Hall–Kier alpha value is -3.86. The molecule has 148 valence electrons. The number of carbonyl (C=O) groups is 1. The number of rotatable bonds is 6. The number of carbonyl (C=O) groups excluding carboxylic acids is 1. The van der Waals surface area contributed by atoms with E-state index in [9.17, 15) is 9.59 Å². The second-order valence-corrected chi connectivity index (χ2v) is 6.25. The summed E-state index contributed by atoms with van der Waals surface area (Å²) in [6, 6.07) is 11.6. The van der Waals surface area contributed by atoms with Gasteiger partial charge in [-0.1, -0.05) is 0 Å². The van der Waals surface area contributed by atoms with Gasteiger partial charge in [-0.3, -0.25) is 9.59 Å². The maximum Gasteiger partial charge on any atom is 0.258 e. The third-order valence-electron chi connectivity index (χ3n) is 4.53. The number of H-pyrrole nitrogens is 1. The number of hydrogen-bond acceptors (Lipinski definition) is 6. The average molecular weight is 392 g/mol. The Bertz CT molecular complexity index is 1150. The Morgan fingerprint density at radius 1 is 1.17 bits per heavy atom. The van der Waals surface area contributed by atoms with Crippen molar-refractivity contribution in [1.29, 1.82) is 5.26 Å². The van der Waals surface area contributed by atoms with Gasteiger partial charge < -0.3 is 19.4 Å². The molecular weight excluding hydrogens is 372 g/mol. The zero-order chi connectivity index (χ0) is 21.0. The number of aromatic nitrogens is 2. The van der Waals surface area contributed by atoms with E-state index in [0.29, 0.717) is 45.9 Å². The van der Waals surface area contributed by atoms with Crippen LogP contribution in [0.2, 0.25) is 0 Å². The zero-order valence-electron chi connectivity index (χ0n) is 16.4. The summed E-state index contributed by atoms with van der Waals surface area (Å²) in [4.78, 5) is 34.1. The van der Waals surface area contributed by atoms with Crippen LogP contribution in [0.3, 0.4) is 0 Å². The lowest BCUT2D eigenvalue weighted by molar-refractivity contribution is 0.0748.